The van der Waals surface area contributed by atoms with Crippen molar-refractivity contribution in [3.05, 3.63) is 40.7 Å². The highest BCUT2D eigenvalue weighted by molar-refractivity contribution is 5.39. The van der Waals surface area contributed by atoms with E-state index in [2.05, 4.69) is 4.85 Å². The van der Waals surface area contributed by atoms with Crippen LogP contribution in [0.1, 0.15) is 11.1 Å². The number of nitrogens with zero attached hydrogens (tertiary/aromatic N) is 1. The Kier molecular flexibility index (Phi) is 2.71. The van der Waals surface area contributed by atoms with Gasteiger partial charge in [0.15, 0.2) is 0 Å². The largest absolute Gasteiger partial charge is 0.496 e. The van der Waals surface area contributed by atoms with E-state index in [1.807, 2.05) is 25.1 Å². The van der Waals surface area contributed by atoms with Gasteiger partial charge in [0.25, 0.3) is 0 Å². The molecule has 0 amide bonds. The molecule has 0 saturated carbocycles. The molecule has 0 aliphatic rings. The molecule has 0 radical (unpaired) electrons. The van der Waals surface area contributed by atoms with Crippen LogP contribution in [0.15, 0.2) is 18.2 Å². The zero-order valence-electron chi connectivity index (χ0n) is 7.29. The summed E-state index contributed by atoms with van der Waals surface area (Å²) in [6.07, 6.45) is 0. The van der Waals surface area contributed by atoms with E-state index in [1.165, 1.54) is 0 Å². The zero-order valence-corrected chi connectivity index (χ0v) is 7.29. The third-order valence-electron chi connectivity index (χ3n) is 1.87. The average Bonchev–Trinajstić information content (AvgIpc) is 2.09. The summed E-state index contributed by atoms with van der Waals surface area (Å²) in [5.74, 6) is 0.858. The smallest absolute Gasteiger partial charge is 0.240 e. The highest BCUT2D eigenvalue weighted by atomic mass is 16.5. The Balaban J connectivity index is 3.07. The number of benzene rings is 1. The van der Waals surface area contributed by atoms with Crippen molar-refractivity contribution in [2.75, 3.05) is 7.11 Å². The predicted molar refractivity (Wildman–Crippen MR) is 48.0 cm³/mol. The molecule has 2 nitrogen and oxygen atoms in total. The molecular weight excluding hydrogens is 150 g/mol. The van der Waals surface area contributed by atoms with Gasteiger partial charge >= 0.3 is 0 Å². The lowest BCUT2D eigenvalue weighted by atomic mass is 10.1. The summed E-state index contributed by atoms with van der Waals surface area (Å²) in [7, 11) is 1.64. The van der Waals surface area contributed by atoms with Gasteiger partial charge in [-0.05, 0) is 13.0 Å². The number of hydrogen-bond acceptors (Lipinski definition) is 1. The van der Waals surface area contributed by atoms with Crippen molar-refractivity contribution < 1.29 is 4.74 Å². The first kappa shape index (κ1) is 8.61. The summed E-state index contributed by atoms with van der Waals surface area (Å²) < 4.78 is 5.13. The Hall–Kier alpha value is -1.49. The van der Waals surface area contributed by atoms with Gasteiger partial charge in [0.05, 0.1) is 7.11 Å². The van der Waals surface area contributed by atoms with Crippen molar-refractivity contribution >= 4 is 0 Å². The molecule has 0 aliphatic carbocycles. The van der Waals surface area contributed by atoms with Gasteiger partial charge in [-0.2, -0.15) is 0 Å². The van der Waals surface area contributed by atoms with Gasteiger partial charge in [-0.1, -0.05) is 12.1 Å². The van der Waals surface area contributed by atoms with E-state index < -0.39 is 0 Å². The Morgan fingerprint density at radius 2 is 2.25 bits per heavy atom. The maximum atomic E-state index is 6.75. The molecule has 0 aliphatic heterocycles. The van der Waals surface area contributed by atoms with E-state index in [0.717, 1.165) is 16.9 Å². The van der Waals surface area contributed by atoms with Gasteiger partial charge in [0.2, 0.25) is 6.54 Å². The van der Waals surface area contributed by atoms with Gasteiger partial charge in [-0.15, -0.1) is 0 Å². The molecule has 0 heterocycles. The second kappa shape index (κ2) is 3.77. The number of ether oxygens (including phenoxy) is 1. The normalized spacial score (nSPS) is 9.08. The average molecular weight is 161 g/mol. The zero-order chi connectivity index (χ0) is 8.97. The molecule has 0 N–H and O–H groups in total. The third-order valence-corrected chi connectivity index (χ3v) is 1.87. The summed E-state index contributed by atoms with van der Waals surface area (Å²) in [6.45, 7) is 9.15. The molecule has 1 aromatic rings. The molecular formula is C10H11NO. The van der Waals surface area contributed by atoms with Gasteiger partial charge in [0.1, 0.15) is 5.75 Å². The van der Waals surface area contributed by atoms with Gasteiger partial charge in [0, 0.05) is 11.1 Å². The quantitative estimate of drug-likeness (QED) is 0.607. The van der Waals surface area contributed by atoms with Crippen molar-refractivity contribution in [1.82, 2.24) is 0 Å². The first-order valence-corrected chi connectivity index (χ1v) is 3.75. The Bertz CT molecular complexity index is 312. The van der Waals surface area contributed by atoms with Crippen molar-refractivity contribution in [1.29, 1.82) is 0 Å². The molecule has 2 heteroatoms. The fourth-order valence-electron chi connectivity index (χ4n) is 1.14. The minimum Gasteiger partial charge on any atom is -0.496 e. The van der Waals surface area contributed by atoms with Gasteiger partial charge in [-0.25, -0.2) is 6.57 Å². The first-order valence-electron chi connectivity index (χ1n) is 3.75. The lowest BCUT2D eigenvalue weighted by Gasteiger charge is -2.05. The van der Waals surface area contributed by atoms with Crippen LogP contribution in [-0.4, -0.2) is 7.11 Å². The number of methoxy groups -OCH3 is 1. The van der Waals surface area contributed by atoms with Crippen molar-refractivity contribution in [2.24, 2.45) is 0 Å². The van der Waals surface area contributed by atoms with Crippen LogP contribution in [0.25, 0.3) is 4.85 Å². The van der Waals surface area contributed by atoms with E-state index >= 15 is 0 Å². The van der Waals surface area contributed by atoms with Crippen LogP contribution in [0, 0.1) is 13.5 Å². The van der Waals surface area contributed by atoms with Gasteiger partial charge in [-0.3, -0.25) is 0 Å². The predicted octanol–water partition coefficient (Wildman–Crippen LogP) is 2.42. The van der Waals surface area contributed by atoms with E-state index in [9.17, 15) is 0 Å². The monoisotopic (exact) mass is 161 g/mol. The molecule has 1 aromatic carbocycles. The molecule has 0 fully saturated rings. The molecule has 0 saturated heterocycles. The second-order valence-electron chi connectivity index (χ2n) is 2.56. The van der Waals surface area contributed by atoms with Crippen LogP contribution in [0.4, 0.5) is 0 Å². The van der Waals surface area contributed by atoms with E-state index in [4.69, 9.17) is 11.3 Å². The van der Waals surface area contributed by atoms with Crippen LogP contribution in [0.5, 0.6) is 5.75 Å². The maximum Gasteiger partial charge on any atom is 0.240 e. The molecule has 0 aromatic heterocycles. The molecule has 0 bridgehead atoms. The lowest BCUT2D eigenvalue weighted by molar-refractivity contribution is 0.411. The van der Waals surface area contributed by atoms with Crippen LogP contribution in [0.2, 0.25) is 0 Å². The minimum absolute atomic E-state index is 0.434. The van der Waals surface area contributed by atoms with E-state index in [1.54, 1.807) is 7.11 Å². The van der Waals surface area contributed by atoms with Crippen molar-refractivity contribution in [2.45, 2.75) is 13.5 Å². The molecule has 62 valence electrons. The molecule has 0 atom stereocenters. The van der Waals surface area contributed by atoms with Crippen molar-refractivity contribution in [3.8, 4) is 5.75 Å². The maximum absolute atomic E-state index is 6.75. The highest BCUT2D eigenvalue weighted by Gasteiger charge is 2.04. The van der Waals surface area contributed by atoms with Crippen molar-refractivity contribution in [3.63, 3.8) is 0 Å². The number of hydrogen-bond donors (Lipinski definition) is 0. The topological polar surface area (TPSA) is 13.6 Å². The summed E-state index contributed by atoms with van der Waals surface area (Å²) in [4.78, 5) is 3.34. The summed E-state index contributed by atoms with van der Waals surface area (Å²) in [5.41, 5.74) is 2.11. The third kappa shape index (κ3) is 1.57. The van der Waals surface area contributed by atoms with Gasteiger partial charge < -0.3 is 9.58 Å². The fraction of sp³-hybridized carbons (Fsp3) is 0.300. The standard InChI is InChI=1S/C10H11NO/c1-8-9(7-11-2)5-4-6-10(8)12-3/h4-6H,7H2,1,3H3. The molecule has 0 unspecified atom stereocenters. The van der Waals surface area contributed by atoms with E-state index in [0.29, 0.717) is 6.54 Å². The van der Waals surface area contributed by atoms with Crippen LogP contribution < -0.4 is 4.74 Å². The Morgan fingerprint density at radius 1 is 1.50 bits per heavy atom. The second-order valence-corrected chi connectivity index (χ2v) is 2.56. The fourth-order valence-corrected chi connectivity index (χ4v) is 1.14. The highest BCUT2D eigenvalue weighted by Crippen LogP contribution is 2.21. The molecule has 1 rings (SSSR count). The lowest BCUT2D eigenvalue weighted by Crippen LogP contribution is -1.91. The van der Waals surface area contributed by atoms with Crippen LogP contribution in [0.3, 0.4) is 0 Å². The SMILES string of the molecule is [C-]#[N+]Cc1cccc(OC)c1C. The van der Waals surface area contributed by atoms with E-state index in [-0.39, 0.29) is 0 Å². The Labute approximate surface area is 72.6 Å². The number of rotatable bonds is 2. The summed E-state index contributed by atoms with van der Waals surface area (Å²) in [5, 5.41) is 0. The Morgan fingerprint density at radius 3 is 2.83 bits per heavy atom. The summed E-state index contributed by atoms with van der Waals surface area (Å²) >= 11 is 0. The van der Waals surface area contributed by atoms with Crippen LogP contribution in [-0.2, 0) is 6.54 Å². The summed E-state index contributed by atoms with van der Waals surface area (Å²) in [6, 6.07) is 5.77. The first-order chi connectivity index (χ1) is 5.79. The minimum atomic E-state index is 0.434. The molecule has 0 spiro atoms. The van der Waals surface area contributed by atoms with Crippen LogP contribution >= 0.6 is 0 Å². The molecule has 12 heavy (non-hydrogen) atoms.